The molecule has 1 atom stereocenters. The highest BCUT2D eigenvalue weighted by molar-refractivity contribution is 7.80. The van der Waals surface area contributed by atoms with Crippen LogP contribution in [0.4, 0.5) is 5.69 Å². The maximum Gasteiger partial charge on any atom is 0.258 e. The van der Waals surface area contributed by atoms with Crippen LogP contribution in [-0.2, 0) is 6.42 Å². The normalized spacial score (nSPS) is 15.7. The van der Waals surface area contributed by atoms with E-state index in [1.807, 2.05) is 67.3 Å². The van der Waals surface area contributed by atoms with Crippen molar-refractivity contribution in [1.82, 2.24) is 15.5 Å². The number of rotatable bonds is 6. The third-order valence-corrected chi connectivity index (χ3v) is 6.75. The second-order valence-electron chi connectivity index (χ2n) is 8.81. The Morgan fingerprint density at radius 1 is 1.03 bits per heavy atom. The SMILES string of the molecule is CCc1ccc(C2NC(=S)N(c3cccc(OC)c3)C(C)=C2c2nc(-c3cccc(C)c3)no2)cc1. The van der Waals surface area contributed by atoms with Gasteiger partial charge in [-0.3, -0.25) is 4.90 Å². The maximum atomic E-state index is 5.88. The Morgan fingerprint density at radius 3 is 2.53 bits per heavy atom. The Balaban J connectivity index is 1.65. The third kappa shape index (κ3) is 4.50. The van der Waals surface area contributed by atoms with Gasteiger partial charge < -0.3 is 14.6 Å². The number of nitrogens with one attached hydrogen (secondary N) is 1. The van der Waals surface area contributed by atoms with E-state index in [0.29, 0.717) is 16.8 Å². The average Bonchev–Trinajstić information content (AvgIpc) is 3.38. The fourth-order valence-corrected chi connectivity index (χ4v) is 4.87. The van der Waals surface area contributed by atoms with Crippen molar-refractivity contribution in [3.63, 3.8) is 0 Å². The lowest BCUT2D eigenvalue weighted by atomic mass is 9.93. The van der Waals surface area contributed by atoms with Crippen molar-refractivity contribution in [2.45, 2.75) is 33.2 Å². The first-order chi connectivity index (χ1) is 17.5. The maximum absolute atomic E-state index is 5.88. The molecule has 0 aliphatic carbocycles. The zero-order valence-electron chi connectivity index (χ0n) is 20.8. The lowest BCUT2D eigenvalue weighted by Gasteiger charge is -2.37. The Morgan fingerprint density at radius 2 is 1.81 bits per heavy atom. The minimum atomic E-state index is -0.240. The van der Waals surface area contributed by atoms with Gasteiger partial charge in [-0.25, -0.2) is 0 Å². The van der Waals surface area contributed by atoms with Gasteiger partial charge in [-0.05, 0) is 61.8 Å². The largest absolute Gasteiger partial charge is 0.497 e. The number of methoxy groups -OCH3 is 1. The molecule has 7 heteroatoms. The van der Waals surface area contributed by atoms with E-state index in [2.05, 4.69) is 41.7 Å². The molecule has 1 unspecified atom stereocenters. The van der Waals surface area contributed by atoms with E-state index in [-0.39, 0.29) is 6.04 Å². The molecule has 0 radical (unpaired) electrons. The van der Waals surface area contributed by atoms with E-state index in [1.54, 1.807) is 7.11 Å². The summed E-state index contributed by atoms with van der Waals surface area (Å²) in [5, 5.41) is 8.43. The fraction of sp³-hybridized carbons (Fsp3) is 0.207. The second-order valence-corrected chi connectivity index (χ2v) is 9.19. The van der Waals surface area contributed by atoms with Crippen LogP contribution in [-0.4, -0.2) is 22.4 Å². The molecule has 0 fully saturated rings. The average molecular weight is 497 g/mol. The van der Waals surface area contributed by atoms with E-state index in [1.165, 1.54) is 5.56 Å². The molecule has 1 aromatic heterocycles. The molecule has 6 nitrogen and oxygen atoms in total. The van der Waals surface area contributed by atoms with Crippen LogP contribution in [0, 0.1) is 6.92 Å². The van der Waals surface area contributed by atoms with Gasteiger partial charge in [0.1, 0.15) is 5.75 Å². The minimum absolute atomic E-state index is 0.240. The summed E-state index contributed by atoms with van der Waals surface area (Å²) in [6, 6.07) is 24.2. The molecule has 5 rings (SSSR count). The van der Waals surface area contributed by atoms with Crippen LogP contribution in [0.5, 0.6) is 5.75 Å². The van der Waals surface area contributed by atoms with Gasteiger partial charge in [0.15, 0.2) is 5.11 Å². The monoisotopic (exact) mass is 496 g/mol. The summed E-state index contributed by atoms with van der Waals surface area (Å²) in [7, 11) is 1.65. The van der Waals surface area contributed by atoms with Crippen LogP contribution in [0.1, 0.15) is 42.5 Å². The van der Waals surface area contributed by atoms with Gasteiger partial charge in [-0.15, -0.1) is 0 Å². The van der Waals surface area contributed by atoms with Crippen molar-refractivity contribution >= 4 is 28.6 Å². The number of hydrogen-bond donors (Lipinski definition) is 1. The van der Waals surface area contributed by atoms with E-state index in [4.69, 9.17) is 26.5 Å². The highest BCUT2D eigenvalue weighted by atomic mass is 32.1. The molecule has 0 bridgehead atoms. The smallest absolute Gasteiger partial charge is 0.258 e. The van der Waals surface area contributed by atoms with Crippen LogP contribution in [0.25, 0.3) is 17.0 Å². The number of thiocarbonyl (C=S) groups is 1. The van der Waals surface area contributed by atoms with Gasteiger partial charge in [0, 0.05) is 17.3 Å². The quantitative estimate of drug-likeness (QED) is 0.306. The van der Waals surface area contributed by atoms with Crippen LogP contribution in [0.2, 0.25) is 0 Å². The molecule has 0 saturated heterocycles. The summed E-state index contributed by atoms with van der Waals surface area (Å²) >= 11 is 5.86. The molecule has 1 aliphatic rings. The zero-order chi connectivity index (χ0) is 25.2. The number of benzene rings is 3. The first-order valence-corrected chi connectivity index (χ1v) is 12.3. The van der Waals surface area contributed by atoms with Crippen LogP contribution in [0.3, 0.4) is 0 Å². The molecule has 0 spiro atoms. The molecule has 0 saturated carbocycles. The van der Waals surface area contributed by atoms with Crippen molar-refractivity contribution < 1.29 is 9.26 Å². The Hall–Kier alpha value is -3.97. The van der Waals surface area contributed by atoms with Crippen molar-refractivity contribution in [2.75, 3.05) is 12.0 Å². The Kier molecular flexibility index (Phi) is 6.57. The highest BCUT2D eigenvalue weighted by Crippen LogP contribution is 2.39. The van der Waals surface area contributed by atoms with Crippen LogP contribution >= 0.6 is 12.2 Å². The zero-order valence-corrected chi connectivity index (χ0v) is 21.6. The fourth-order valence-electron chi connectivity index (χ4n) is 4.51. The minimum Gasteiger partial charge on any atom is -0.497 e. The molecule has 1 N–H and O–H groups in total. The summed E-state index contributed by atoms with van der Waals surface area (Å²) in [5.74, 6) is 1.76. The molecule has 3 aromatic carbocycles. The van der Waals surface area contributed by atoms with Gasteiger partial charge in [-0.1, -0.05) is 66.2 Å². The summed E-state index contributed by atoms with van der Waals surface area (Å²) in [6.07, 6.45) is 0.978. The number of ether oxygens (including phenoxy) is 1. The number of aromatic nitrogens is 2. The lowest BCUT2D eigenvalue weighted by Crippen LogP contribution is -2.46. The first kappa shape index (κ1) is 23.8. The predicted molar refractivity (Wildman–Crippen MR) is 147 cm³/mol. The molecule has 0 amide bonds. The van der Waals surface area contributed by atoms with Crippen molar-refractivity contribution in [3.8, 4) is 17.1 Å². The van der Waals surface area contributed by atoms with Crippen LogP contribution < -0.4 is 15.0 Å². The number of nitrogens with zero attached hydrogens (tertiary/aromatic N) is 3. The van der Waals surface area contributed by atoms with Crippen molar-refractivity contribution in [3.05, 3.63) is 101 Å². The number of hydrogen-bond acceptors (Lipinski definition) is 5. The number of aryl methyl sites for hydroxylation is 2. The Bertz CT molecular complexity index is 1440. The van der Waals surface area contributed by atoms with Crippen molar-refractivity contribution in [1.29, 1.82) is 0 Å². The van der Waals surface area contributed by atoms with Gasteiger partial charge in [-0.2, -0.15) is 4.98 Å². The number of allylic oxidation sites excluding steroid dienone is 1. The standard InChI is InChI=1S/C29H28N4O2S/c1-5-20-12-14-21(15-13-20)26-25(28-31-27(32-35-28)22-9-6-8-18(2)16-22)19(3)33(29(36)30-26)23-10-7-11-24(17-23)34-4/h6-17,26H,5H2,1-4H3,(H,30,36). The van der Waals surface area contributed by atoms with Gasteiger partial charge in [0.2, 0.25) is 5.82 Å². The number of anilines is 1. The van der Waals surface area contributed by atoms with Gasteiger partial charge >= 0.3 is 0 Å². The van der Waals surface area contributed by atoms with E-state index < -0.39 is 0 Å². The molecular formula is C29H28N4O2S. The van der Waals surface area contributed by atoms with Gasteiger partial charge in [0.05, 0.1) is 24.4 Å². The van der Waals surface area contributed by atoms with E-state index >= 15 is 0 Å². The summed E-state index contributed by atoms with van der Waals surface area (Å²) in [5.41, 5.74) is 7.08. The van der Waals surface area contributed by atoms with Crippen LogP contribution in [0.15, 0.2) is 83.0 Å². The Labute approximate surface area is 216 Å². The topological polar surface area (TPSA) is 63.4 Å². The molecule has 2 heterocycles. The molecular weight excluding hydrogens is 468 g/mol. The summed E-state index contributed by atoms with van der Waals surface area (Å²) in [4.78, 5) is 6.81. The molecule has 4 aromatic rings. The van der Waals surface area contributed by atoms with E-state index in [9.17, 15) is 0 Å². The van der Waals surface area contributed by atoms with Gasteiger partial charge in [0.25, 0.3) is 5.89 Å². The first-order valence-electron chi connectivity index (χ1n) is 11.9. The highest BCUT2D eigenvalue weighted by Gasteiger charge is 2.35. The third-order valence-electron chi connectivity index (χ3n) is 6.45. The summed E-state index contributed by atoms with van der Waals surface area (Å²) in [6.45, 7) is 6.23. The predicted octanol–water partition coefficient (Wildman–Crippen LogP) is 6.48. The summed E-state index contributed by atoms with van der Waals surface area (Å²) < 4.78 is 11.3. The van der Waals surface area contributed by atoms with E-state index in [0.717, 1.165) is 45.8 Å². The van der Waals surface area contributed by atoms with Crippen molar-refractivity contribution in [2.24, 2.45) is 0 Å². The molecule has 182 valence electrons. The lowest BCUT2D eigenvalue weighted by molar-refractivity contribution is 0.404. The molecule has 1 aliphatic heterocycles. The second kappa shape index (κ2) is 9.95. The molecule has 36 heavy (non-hydrogen) atoms.